The molecule has 0 radical (unpaired) electrons. The highest BCUT2D eigenvalue weighted by Gasteiger charge is 2.17. The molecule has 0 bridgehead atoms. The molecule has 1 atom stereocenters. The summed E-state index contributed by atoms with van der Waals surface area (Å²) in [6, 6.07) is 15.3. The van der Waals surface area contributed by atoms with Gasteiger partial charge in [-0.1, -0.05) is 36.7 Å². The Morgan fingerprint density at radius 2 is 1.90 bits per heavy atom. The number of pyridine rings is 1. The Morgan fingerprint density at radius 3 is 2.60 bits per heavy atom. The number of carbonyl (C=O) groups excluding carboxylic acids is 1. The topological polar surface area (TPSA) is 91.3 Å². The molecule has 0 saturated heterocycles. The van der Waals surface area contributed by atoms with E-state index in [1.807, 2.05) is 18.2 Å². The van der Waals surface area contributed by atoms with E-state index in [9.17, 15) is 14.7 Å². The van der Waals surface area contributed by atoms with E-state index in [4.69, 9.17) is 11.6 Å². The lowest BCUT2D eigenvalue weighted by Crippen LogP contribution is -2.24. The molecule has 1 aromatic heterocycles. The molecule has 0 fully saturated rings. The first kappa shape index (κ1) is 21.5. The van der Waals surface area contributed by atoms with Crippen LogP contribution in [-0.2, 0) is 0 Å². The molecule has 1 amide bonds. The first-order chi connectivity index (χ1) is 14.5. The maximum atomic E-state index is 12.8. The van der Waals surface area contributed by atoms with Crippen molar-refractivity contribution in [3.05, 3.63) is 94.3 Å². The number of aromatic nitrogens is 1. The normalized spacial score (nSPS) is 11.7. The van der Waals surface area contributed by atoms with E-state index in [-0.39, 0.29) is 22.3 Å². The summed E-state index contributed by atoms with van der Waals surface area (Å²) < 4.78 is 0. The van der Waals surface area contributed by atoms with Gasteiger partial charge >= 0.3 is 5.97 Å². The molecule has 3 rings (SSSR count). The average Bonchev–Trinajstić information content (AvgIpc) is 2.76. The Hall–Kier alpha value is -3.22. The highest BCUT2D eigenvalue weighted by atomic mass is 35.5. The number of aromatic carboxylic acids is 1. The summed E-state index contributed by atoms with van der Waals surface area (Å²) in [6.07, 6.45) is 4.48. The minimum Gasteiger partial charge on any atom is -0.478 e. The summed E-state index contributed by atoms with van der Waals surface area (Å²) in [5, 5.41) is 15.8. The molecule has 0 saturated carbocycles. The minimum absolute atomic E-state index is 0.0650. The van der Waals surface area contributed by atoms with Crippen LogP contribution >= 0.6 is 11.6 Å². The van der Waals surface area contributed by atoms with Crippen LogP contribution in [0.5, 0.6) is 0 Å². The van der Waals surface area contributed by atoms with Crippen LogP contribution in [-0.4, -0.2) is 28.5 Å². The van der Waals surface area contributed by atoms with E-state index in [0.29, 0.717) is 5.56 Å². The molecule has 3 aromatic rings. The monoisotopic (exact) mass is 423 g/mol. The van der Waals surface area contributed by atoms with Crippen molar-refractivity contribution in [3.63, 3.8) is 0 Å². The molecule has 0 spiro atoms. The van der Waals surface area contributed by atoms with Gasteiger partial charge in [0.2, 0.25) is 0 Å². The van der Waals surface area contributed by atoms with Crippen LogP contribution < -0.4 is 10.6 Å². The third kappa shape index (κ3) is 5.23. The molecule has 0 aliphatic heterocycles. The zero-order chi connectivity index (χ0) is 21.5. The van der Waals surface area contributed by atoms with Gasteiger partial charge in [0.05, 0.1) is 17.3 Å². The maximum Gasteiger partial charge on any atom is 0.337 e. The van der Waals surface area contributed by atoms with Crippen molar-refractivity contribution in [2.24, 2.45) is 0 Å². The molecular formula is C23H22ClN3O3. The Balaban J connectivity index is 1.89. The number of anilines is 1. The van der Waals surface area contributed by atoms with Gasteiger partial charge in [-0.25, -0.2) is 4.79 Å². The molecule has 7 heteroatoms. The Labute approximate surface area is 179 Å². The van der Waals surface area contributed by atoms with Crippen molar-refractivity contribution >= 4 is 29.2 Å². The smallest absolute Gasteiger partial charge is 0.337 e. The number of halogens is 1. The number of hydrogen-bond acceptors (Lipinski definition) is 4. The maximum absolute atomic E-state index is 12.8. The largest absolute Gasteiger partial charge is 0.478 e. The Morgan fingerprint density at radius 1 is 1.10 bits per heavy atom. The molecule has 2 aromatic carbocycles. The van der Waals surface area contributed by atoms with E-state index in [2.05, 4.69) is 22.5 Å². The van der Waals surface area contributed by atoms with Gasteiger partial charge in [-0.05, 0) is 60.5 Å². The van der Waals surface area contributed by atoms with Gasteiger partial charge in [-0.15, -0.1) is 0 Å². The van der Waals surface area contributed by atoms with E-state index in [1.165, 1.54) is 18.2 Å². The predicted octanol–water partition coefficient (Wildman–Crippen LogP) is 4.77. The summed E-state index contributed by atoms with van der Waals surface area (Å²) in [6.45, 7) is 2.89. The third-order valence-electron chi connectivity index (χ3n) is 4.56. The standard InChI is InChI=1S/C23H22ClN3O3/c1-2-10-26-21(17-7-4-11-25-14-17)15-5-3-6-16(12-15)22(28)27-20-9-8-18(24)13-19(20)23(29)30/h3-9,11-14,21,26H,2,10H2,1H3,(H,27,28)(H,29,30). The van der Waals surface area contributed by atoms with E-state index < -0.39 is 11.9 Å². The van der Waals surface area contributed by atoms with E-state index in [1.54, 1.807) is 30.6 Å². The lowest BCUT2D eigenvalue weighted by molar-refractivity contribution is 0.0698. The number of carbonyl (C=O) groups is 2. The number of nitrogens with zero attached hydrogens (tertiary/aromatic N) is 1. The van der Waals surface area contributed by atoms with Crippen LogP contribution in [0.25, 0.3) is 0 Å². The highest BCUT2D eigenvalue weighted by molar-refractivity contribution is 6.31. The van der Waals surface area contributed by atoms with Crippen LogP contribution in [0.4, 0.5) is 5.69 Å². The van der Waals surface area contributed by atoms with Crippen LogP contribution in [0.2, 0.25) is 5.02 Å². The number of carboxylic acid groups (broad SMARTS) is 1. The lowest BCUT2D eigenvalue weighted by Gasteiger charge is -2.20. The molecular weight excluding hydrogens is 402 g/mol. The molecule has 154 valence electrons. The van der Waals surface area contributed by atoms with Gasteiger partial charge in [0.1, 0.15) is 0 Å². The van der Waals surface area contributed by atoms with Gasteiger partial charge in [-0.3, -0.25) is 9.78 Å². The Kier molecular flexibility index (Phi) is 7.17. The van der Waals surface area contributed by atoms with Gasteiger partial charge in [-0.2, -0.15) is 0 Å². The summed E-state index contributed by atoms with van der Waals surface area (Å²) >= 11 is 5.88. The van der Waals surface area contributed by atoms with Crippen molar-refractivity contribution in [2.45, 2.75) is 19.4 Å². The highest BCUT2D eigenvalue weighted by Crippen LogP contribution is 2.24. The van der Waals surface area contributed by atoms with Crippen LogP contribution in [0.15, 0.2) is 67.0 Å². The predicted molar refractivity (Wildman–Crippen MR) is 117 cm³/mol. The van der Waals surface area contributed by atoms with Gasteiger partial charge in [0, 0.05) is 23.0 Å². The van der Waals surface area contributed by atoms with Crippen LogP contribution in [0.3, 0.4) is 0 Å². The SMILES string of the molecule is CCCNC(c1cccnc1)c1cccc(C(=O)Nc2ccc(Cl)cc2C(=O)O)c1. The number of carboxylic acids is 1. The van der Waals surface area contributed by atoms with Crippen molar-refractivity contribution < 1.29 is 14.7 Å². The second-order valence-electron chi connectivity index (χ2n) is 6.75. The van der Waals surface area contributed by atoms with Crippen molar-refractivity contribution in [3.8, 4) is 0 Å². The zero-order valence-electron chi connectivity index (χ0n) is 16.4. The molecule has 0 aliphatic carbocycles. The van der Waals surface area contributed by atoms with Gasteiger partial charge in [0.15, 0.2) is 0 Å². The second-order valence-corrected chi connectivity index (χ2v) is 7.18. The van der Waals surface area contributed by atoms with Gasteiger partial charge < -0.3 is 15.7 Å². The summed E-state index contributed by atoms with van der Waals surface area (Å²) in [7, 11) is 0. The quantitative estimate of drug-likeness (QED) is 0.485. The fraction of sp³-hybridized carbons (Fsp3) is 0.174. The van der Waals surface area contributed by atoms with Crippen LogP contribution in [0, 0.1) is 0 Å². The van der Waals surface area contributed by atoms with E-state index >= 15 is 0 Å². The molecule has 30 heavy (non-hydrogen) atoms. The summed E-state index contributed by atoms with van der Waals surface area (Å²) in [5.74, 6) is -1.57. The molecule has 3 N–H and O–H groups in total. The minimum atomic E-state index is -1.16. The molecule has 6 nitrogen and oxygen atoms in total. The van der Waals surface area contributed by atoms with Crippen molar-refractivity contribution in [2.75, 3.05) is 11.9 Å². The van der Waals surface area contributed by atoms with E-state index in [0.717, 1.165) is 24.1 Å². The summed E-state index contributed by atoms with van der Waals surface area (Å²) in [4.78, 5) is 28.5. The Bertz CT molecular complexity index is 1040. The fourth-order valence-electron chi connectivity index (χ4n) is 3.12. The number of amides is 1. The molecule has 1 unspecified atom stereocenters. The fourth-order valence-corrected chi connectivity index (χ4v) is 3.29. The second kappa shape index (κ2) is 10.0. The van der Waals surface area contributed by atoms with Crippen LogP contribution in [0.1, 0.15) is 51.2 Å². The first-order valence-electron chi connectivity index (χ1n) is 9.57. The number of rotatable bonds is 8. The van der Waals surface area contributed by atoms with Crippen molar-refractivity contribution in [1.82, 2.24) is 10.3 Å². The van der Waals surface area contributed by atoms with Gasteiger partial charge in [0.25, 0.3) is 5.91 Å². The third-order valence-corrected chi connectivity index (χ3v) is 4.79. The summed E-state index contributed by atoms with van der Waals surface area (Å²) in [5.41, 5.74) is 2.46. The number of nitrogens with one attached hydrogen (secondary N) is 2. The average molecular weight is 424 g/mol. The molecule has 0 aliphatic rings. The molecule has 1 heterocycles. The first-order valence-corrected chi connectivity index (χ1v) is 9.95. The lowest BCUT2D eigenvalue weighted by atomic mass is 9.98. The van der Waals surface area contributed by atoms with Crippen molar-refractivity contribution in [1.29, 1.82) is 0 Å². The number of hydrogen-bond donors (Lipinski definition) is 3. The zero-order valence-corrected chi connectivity index (χ0v) is 17.2. The number of benzene rings is 2.